The Balaban J connectivity index is 1.40. The molecule has 2 heterocycles. The van der Waals surface area contributed by atoms with Crippen molar-refractivity contribution in [3.05, 3.63) is 172 Å². The lowest BCUT2D eigenvalue weighted by atomic mass is 10.00. The van der Waals surface area contributed by atoms with Gasteiger partial charge in [0, 0.05) is 45.3 Å². The third-order valence-electron chi connectivity index (χ3n) is 7.96. The molecule has 1 unspecified atom stereocenters. The van der Waals surface area contributed by atoms with Crippen LogP contribution < -0.4 is 4.90 Å². The van der Waals surface area contributed by atoms with Crippen LogP contribution in [0.4, 0.5) is 5.69 Å². The predicted octanol–water partition coefficient (Wildman–Crippen LogP) is 7.62. The molecular formula is C38H26ClN3O3. The van der Waals surface area contributed by atoms with Crippen molar-refractivity contribution in [2.45, 2.75) is 12.5 Å². The van der Waals surface area contributed by atoms with Gasteiger partial charge in [0.2, 0.25) is 0 Å². The Morgan fingerprint density at radius 2 is 1.31 bits per heavy atom. The fraction of sp³-hybridized carbons (Fsp3) is 0.0526. The Morgan fingerprint density at radius 3 is 2.00 bits per heavy atom. The number of halogens is 1. The maximum absolute atomic E-state index is 14.6. The average molecular weight is 608 g/mol. The number of anilines is 1. The fourth-order valence-corrected chi connectivity index (χ4v) is 6.00. The summed E-state index contributed by atoms with van der Waals surface area (Å²) in [6.07, 6.45) is 1.94. The molecule has 6 nitrogen and oxygen atoms in total. The third-order valence-corrected chi connectivity index (χ3v) is 8.20. The Morgan fingerprint density at radius 1 is 0.711 bits per heavy atom. The third kappa shape index (κ3) is 5.26. The van der Waals surface area contributed by atoms with Crippen LogP contribution in [0.15, 0.2) is 145 Å². The minimum Gasteiger partial charge on any atom is -0.283 e. The molecule has 1 aliphatic heterocycles. The number of rotatable bonds is 5. The number of hydrogen-bond donors (Lipinski definition) is 0. The molecule has 45 heavy (non-hydrogen) atoms. The van der Waals surface area contributed by atoms with Gasteiger partial charge in [0.15, 0.2) is 0 Å². The van der Waals surface area contributed by atoms with Crippen LogP contribution in [-0.4, -0.2) is 34.0 Å². The van der Waals surface area contributed by atoms with Gasteiger partial charge in [-0.05, 0) is 54.1 Å². The molecule has 0 bridgehead atoms. The number of amides is 2. The number of hydrogen-bond acceptors (Lipinski definition) is 4. The number of aliphatic imine (C=N–C) groups is 1. The van der Waals surface area contributed by atoms with E-state index in [0.29, 0.717) is 33.1 Å². The molecule has 5 aromatic carbocycles. The highest BCUT2D eigenvalue weighted by molar-refractivity contribution is 6.33. The number of imide groups is 1. The van der Waals surface area contributed by atoms with Crippen LogP contribution in [0.3, 0.4) is 0 Å². The standard InChI is InChI=1S/C38H26ClN3O3/c39-29-20-21-34-31(23-29)35(25-12-4-1-5-13-25)40-32(38(45)42(34)37(44)27-16-8-3-9-17-27)22-28-24-41(33-19-11-10-18-30(28)33)36(43)26-14-6-2-7-15-26/h1-21,23-24,32H,22H2. The van der Waals surface area contributed by atoms with Crippen molar-refractivity contribution in [1.82, 2.24) is 4.57 Å². The summed E-state index contributed by atoms with van der Waals surface area (Å²) < 4.78 is 1.62. The first kappa shape index (κ1) is 28.2. The molecule has 0 aliphatic carbocycles. The first-order chi connectivity index (χ1) is 22.0. The Kier molecular flexibility index (Phi) is 7.41. The van der Waals surface area contributed by atoms with Crippen molar-refractivity contribution in [1.29, 1.82) is 0 Å². The minimum atomic E-state index is -0.981. The molecule has 0 saturated heterocycles. The van der Waals surface area contributed by atoms with Crippen molar-refractivity contribution in [2.75, 3.05) is 4.90 Å². The van der Waals surface area contributed by atoms with E-state index in [1.54, 1.807) is 65.4 Å². The molecule has 1 aliphatic rings. The molecule has 0 N–H and O–H groups in total. The quantitative estimate of drug-likeness (QED) is 0.189. The van der Waals surface area contributed by atoms with E-state index in [4.69, 9.17) is 16.6 Å². The summed E-state index contributed by atoms with van der Waals surface area (Å²) in [6.45, 7) is 0. The maximum Gasteiger partial charge on any atom is 0.265 e. The first-order valence-corrected chi connectivity index (χ1v) is 14.9. The van der Waals surface area contributed by atoms with Crippen LogP contribution in [0.1, 0.15) is 37.4 Å². The summed E-state index contributed by atoms with van der Waals surface area (Å²) >= 11 is 6.50. The van der Waals surface area contributed by atoms with E-state index in [1.807, 2.05) is 78.9 Å². The van der Waals surface area contributed by atoms with E-state index in [0.717, 1.165) is 22.0 Å². The molecule has 0 spiro atoms. The van der Waals surface area contributed by atoms with Gasteiger partial charge in [-0.2, -0.15) is 0 Å². The summed E-state index contributed by atoms with van der Waals surface area (Å²) in [4.78, 5) is 48.6. The predicted molar refractivity (Wildman–Crippen MR) is 177 cm³/mol. The topological polar surface area (TPSA) is 71.7 Å². The molecule has 1 aromatic heterocycles. The van der Waals surface area contributed by atoms with E-state index in [-0.39, 0.29) is 12.3 Å². The molecule has 1 atom stereocenters. The lowest BCUT2D eigenvalue weighted by molar-refractivity contribution is -0.119. The van der Waals surface area contributed by atoms with Crippen LogP contribution in [0.25, 0.3) is 10.9 Å². The summed E-state index contributed by atoms with van der Waals surface area (Å²) in [6, 6.07) is 39.1. The first-order valence-electron chi connectivity index (χ1n) is 14.5. The van der Waals surface area contributed by atoms with Gasteiger partial charge in [0.1, 0.15) is 6.04 Å². The van der Waals surface area contributed by atoms with Gasteiger partial charge in [0.05, 0.1) is 16.9 Å². The van der Waals surface area contributed by atoms with Gasteiger partial charge in [-0.1, -0.05) is 96.5 Å². The largest absolute Gasteiger partial charge is 0.283 e. The molecular weight excluding hydrogens is 582 g/mol. The lowest BCUT2D eigenvalue weighted by Gasteiger charge is -2.24. The van der Waals surface area contributed by atoms with Gasteiger partial charge >= 0.3 is 0 Å². The Labute approximate surface area is 264 Å². The second-order valence-corrected chi connectivity index (χ2v) is 11.2. The van der Waals surface area contributed by atoms with Crippen LogP contribution >= 0.6 is 11.6 Å². The van der Waals surface area contributed by atoms with Gasteiger partial charge in [0.25, 0.3) is 17.7 Å². The molecule has 7 rings (SSSR count). The highest BCUT2D eigenvalue weighted by Crippen LogP contribution is 2.34. The molecule has 7 heteroatoms. The normalized spacial score (nSPS) is 14.5. The van der Waals surface area contributed by atoms with Crippen molar-refractivity contribution in [3.8, 4) is 0 Å². The number of fused-ring (bicyclic) bond motifs is 2. The summed E-state index contributed by atoms with van der Waals surface area (Å²) in [5.41, 5.74) is 4.74. The number of nitrogens with zero attached hydrogens (tertiary/aromatic N) is 3. The second kappa shape index (κ2) is 11.8. The monoisotopic (exact) mass is 607 g/mol. The SMILES string of the molecule is O=C(c1ccccc1)N1C(=O)C(Cc2cn(C(=O)c3ccccc3)c3ccccc23)N=C(c2ccccc2)c2cc(Cl)ccc21. The van der Waals surface area contributed by atoms with Crippen LogP contribution in [0, 0.1) is 0 Å². The molecule has 0 radical (unpaired) electrons. The second-order valence-electron chi connectivity index (χ2n) is 10.8. The van der Waals surface area contributed by atoms with Crippen molar-refractivity contribution in [3.63, 3.8) is 0 Å². The average Bonchev–Trinajstić information content (AvgIpc) is 3.40. The van der Waals surface area contributed by atoms with Crippen molar-refractivity contribution in [2.24, 2.45) is 4.99 Å². The highest BCUT2D eigenvalue weighted by Gasteiger charge is 2.37. The number of benzene rings is 5. The molecule has 2 amide bonds. The number of carbonyl (C=O) groups is 3. The van der Waals surface area contributed by atoms with Crippen LogP contribution in [-0.2, 0) is 11.2 Å². The lowest BCUT2D eigenvalue weighted by Crippen LogP contribution is -2.43. The van der Waals surface area contributed by atoms with E-state index in [1.165, 1.54) is 4.90 Å². The summed E-state index contributed by atoms with van der Waals surface area (Å²) in [7, 11) is 0. The zero-order valence-electron chi connectivity index (χ0n) is 24.0. The van der Waals surface area contributed by atoms with E-state index >= 15 is 0 Å². The molecule has 218 valence electrons. The zero-order valence-corrected chi connectivity index (χ0v) is 24.8. The molecule has 0 fully saturated rings. The van der Waals surface area contributed by atoms with Gasteiger partial charge < -0.3 is 0 Å². The minimum absolute atomic E-state index is 0.158. The fourth-order valence-electron chi connectivity index (χ4n) is 5.83. The van der Waals surface area contributed by atoms with Gasteiger partial charge in [-0.15, -0.1) is 0 Å². The van der Waals surface area contributed by atoms with Gasteiger partial charge in [-0.3, -0.25) is 23.9 Å². The maximum atomic E-state index is 14.6. The highest BCUT2D eigenvalue weighted by atomic mass is 35.5. The summed E-state index contributed by atoms with van der Waals surface area (Å²) in [5, 5.41) is 1.29. The summed E-state index contributed by atoms with van der Waals surface area (Å²) in [5.74, 6) is -1.11. The Hall–Kier alpha value is -5.59. The molecule has 0 saturated carbocycles. The number of benzodiazepines with no additional fused rings is 1. The van der Waals surface area contributed by atoms with Crippen molar-refractivity contribution >= 4 is 51.6 Å². The van der Waals surface area contributed by atoms with Crippen LogP contribution in [0.5, 0.6) is 0 Å². The number of aromatic nitrogens is 1. The number of para-hydroxylation sites is 1. The molecule has 6 aromatic rings. The number of carbonyl (C=O) groups excluding carboxylic acids is 3. The smallest absolute Gasteiger partial charge is 0.265 e. The van der Waals surface area contributed by atoms with Crippen LogP contribution in [0.2, 0.25) is 5.02 Å². The Bertz CT molecular complexity index is 2100. The van der Waals surface area contributed by atoms with Crippen molar-refractivity contribution < 1.29 is 14.4 Å². The van der Waals surface area contributed by atoms with E-state index in [2.05, 4.69) is 0 Å². The van der Waals surface area contributed by atoms with E-state index < -0.39 is 17.9 Å². The van der Waals surface area contributed by atoms with E-state index in [9.17, 15) is 14.4 Å². The van der Waals surface area contributed by atoms with Gasteiger partial charge in [-0.25, -0.2) is 4.90 Å². The zero-order chi connectivity index (χ0) is 30.9.